The molecule has 4 nitrogen and oxygen atoms in total. The van der Waals surface area contributed by atoms with Gasteiger partial charge in [-0.3, -0.25) is 0 Å². The smallest absolute Gasteiger partial charge is 0.410 e. The van der Waals surface area contributed by atoms with Crippen LogP contribution in [0.4, 0.5) is 4.79 Å². The van der Waals surface area contributed by atoms with Crippen molar-refractivity contribution in [2.24, 2.45) is 11.8 Å². The van der Waals surface area contributed by atoms with E-state index >= 15 is 0 Å². The number of hydrogen-bond acceptors (Lipinski definition) is 3. The maximum atomic E-state index is 12.3. The van der Waals surface area contributed by atoms with Gasteiger partial charge in [0.15, 0.2) is 0 Å². The van der Waals surface area contributed by atoms with Crippen LogP contribution >= 0.6 is 0 Å². The van der Waals surface area contributed by atoms with E-state index in [4.69, 9.17) is 4.74 Å². The maximum Gasteiger partial charge on any atom is 0.410 e. The Balaban J connectivity index is 1.73. The lowest BCUT2D eigenvalue weighted by molar-refractivity contribution is 0.0220. The molecule has 0 aromatic rings. The summed E-state index contributed by atoms with van der Waals surface area (Å²) in [5.74, 6) is 1.69. The topological polar surface area (TPSA) is 41.6 Å². The minimum Gasteiger partial charge on any atom is -0.444 e. The van der Waals surface area contributed by atoms with E-state index in [1.165, 1.54) is 19.3 Å². The summed E-state index contributed by atoms with van der Waals surface area (Å²) in [6.45, 7) is 12.4. The quantitative estimate of drug-likeness (QED) is 0.843. The van der Waals surface area contributed by atoms with Crippen molar-refractivity contribution in [3.8, 4) is 0 Å². The molecule has 2 aliphatic rings. The van der Waals surface area contributed by atoms with Crippen LogP contribution in [0.3, 0.4) is 0 Å². The van der Waals surface area contributed by atoms with Gasteiger partial charge in [-0.25, -0.2) is 4.79 Å². The van der Waals surface area contributed by atoms with Gasteiger partial charge in [-0.1, -0.05) is 13.8 Å². The summed E-state index contributed by atoms with van der Waals surface area (Å²) < 4.78 is 5.54. The number of rotatable bonds is 4. The normalized spacial score (nSPS) is 32.1. The Morgan fingerprint density at radius 3 is 2.57 bits per heavy atom. The lowest BCUT2D eigenvalue weighted by Gasteiger charge is -2.33. The van der Waals surface area contributed by atoms with Gasteiger partial charge >= 0.3 is 6.09 Å². The van der Waals surface area contributed by atoms with Crippen molar-refractivity contribution in [2.75, 3.05) is 13.1 Å². The van der Waals surface area contributed by atoms with E-state index in [0.717, 1.165) is 44.2 Å². The number of amides is 1. The molecule has 1 aliphatic heterocycles. The highest BCUT2D eigenvalue weighted by Gasteiger charge is 2.32. The first-order valence-corrected chi connectivity index (χ1v) is 9.49. The molecule has 4 unspecified atom stereocenters. The number of likely N-dealkylation sites (tertiary alicyclic amines) is 1. The largest absolute Gasteiger partial charge is 0.444 e. The zero-order valence-electron chi connectivity index (χ0n) is 15.7. The van der Waals surface area contributed by atoms with E-state index in [0.29, 0.717) is 12.1 Å². The van der Waals surface area contributed by atoms with Gasteiger partial charge in [0.1, 0.15) is 5.60 Å². The van der Waals surface area contributed by atoms with Crippen LogP contribution in [-0.4, -0.2) is 41.8 Å². The third-order valence-electron chi connectivity index (χ3n) is 5.51. The molecule has 0 spiro atoms. The first kappa shape index (κ1) is 18.6. The second-order valence-corrected chi connectivity index (χ2v) is 8.68. The number of nitrogens with zero attached hydrogens (tertiary/aromatic N) is 1. The van der Waals surface area contributed by atoms with Gasteiger partial charge in [-0.05, 0) is 77.7 Å². The predicted octanol–water partition coefficient (Wildman–Crippen LogP) is 4.19. The van der Waals surface area contributed by atoms with E-state index in [2.05, 4.69) is 19.2 Å². The molecule has 4 atom stereocenters. The zero-order chi connectivity index (χ0) is 17.0. The summed E-state index contributed by atoms with van der Waals surface area (Å²) in [5.41, 5.74) is -0.405. The van der Waals surface area contributed by atoms with E-state index in [-0.39, 0.29) is 6.09 Å². The van der Waals surface area contributed by atoms with Crippen molar-refractivity contribution in [1.82, 2.24) is 10.2 Å². The summed E-state index contributed by atoms with van der Waals surface area (Å²) in [5, 5.41) is 3.73. The van der Waals surface area contributed by atoms with Crippen LogP contribution < -0.4 is 5.32 Å². The van der Waals surface area contributed by atoms with Crippen LogP contribution in [0, 0.1) is 11.8 Å². The fourth-order valence-electron chi connectivity index (χ4n) is 3.88. The molecule has 4 heteroatoms. The monoisotopic (exact) mass is 324 g/mol. The van der Waals surface area contributed by atoms with Crippen LogP contribution in [0.15, 0.2) is 0 Å². The highest BCUT2D eigenvalue weighted by atomic mass is 16.6. The SMILES string of the molecule is CC1CCC(NCCC2CCCN2C(=O)OC(C)(C)C)CC1C. The first-order chi connectivity index (χ1) is 10.8. The van der Waals surface area contributed by atoms with Gasteiger partial charge in [0.2, 0.25) is 0 Å². The molecule has 134 valence electrons. The fourth-order valence-corrected chi connectivity index (χ4v) is 3.88. The van der Waals surface area contributed by atoms with E-state index in [9.17, 15) is 4.79 Å². The summed E-state index contributed by atoms with van der Waals surface area (Å²) in [4.78, 5) is 14.2. The molecule has 1 N–H and O–H groups in total. The number of nitrogens with one attached hydrogen (secondary N) is 1. The van der Waals surface area contributed by atoms with Crippen LogP contribution in [-0.2, 0) is 4.74 Å². The lowest BCUT2D eigenvalue weighted by Crippen LogP contribution is -2.42. The van der Waals surface area contributed by atoms with Crippen molar-refractivity contribution in [3.05, 3.63) is 0 Å². The maximum absolute atomic E-state index is 12.3. The summed E-state index contributed by atoms with van der Waals surface area (Å²) in [7, 11) is 0. The number of carbonyl (C=O) groups excluding carboxylic acids is 1. The average Bonchev–Trinajstić information content (AvgIpc) is 2.89. The molecule has 2 fully saturated rings. The Labute approximate surface area is 142 Å². The number of hydrogen-bond donors (Lipinski definition) is 1. The summed E-state index contributed by atoms with van der Waals surface area (Å²) in [6.07, 6.45) is 7.04. The van der Waals surface area contributed by atoms with Crippen LogP contribution in [0.1, 0.15) is 73.1 Å². The molecule has 0 bridgehead atoms. The first-order valence-electron chi connectivity index (χ1n) is 9.49. The van der Waals surface area contributed by atoms with Crippen molar-refractivity contribution < 1.29 is 9.53 Å². The fraction of sp³-hybridized carbons (Fsp3) is 0.947. The van der Waals surface area contributed by atoms with Gasteiger partial charge in [0.25, 0.3) is 0 Å². The van der Waals surface area contributed by atoms with Gasteiger partial charge in [0.05, 0.1) is 0 Å². The standard InChI is InChI=1S/C19H36N2O2/c1-14-8-9-16(13-15(14)2)20-11-10-17-7-6-12-21(17)18(22)23-19(3,4)5/h14-17,20H,6-13H2,1-5H3. The molecule has 1 aliphatic carbocycles. The van der Waals surface area contributed by atoms with Crippen LogP contribution in [0.5, 0.6) is 0 Å². The van der Waals surface area contributed by atoms with Gasteiger partial charge in [-0.15, -0.1) is 0 Å². The highest BCUT2D eigenvalue weighted by Crippen LogP contribution is 2.29. The van der Waals surface area contributed by atoms with Crippen molar-refractivity contribution in [3.63, 3.8) is 0 Å². The Bertz CT molecular complexity index is 391. The Morgan fingerprint density at radius 2 is 1.91 bits per heavy atom. The van der Waals surface area contributed by atoms with Crippen LogP contribution in [0.2, 0.25) is 0 Å². The zero-order valence-corrected chi connectivity index (χ0v) is 15.7. The molecule has 1 saturated carbocycles. The molecule has 1 amide bonds. The predicted molar refractivity (Wildman–Crippen MR) is 94.5 cm³/mol. The highest BCUT2D eigenvalue weighted by molar-refractivity contribution is 5.68. The third kappa shape index (κ3) is 5.66. The molecule has 1 saturated heterocycles. The molecule has 0 aromatic carbocycles. The Morgan fingerprint density at radius 1 is 1.17 bits per heavy atom. The Kier molecular flexibility index (Phi) is 6.35. The van der Waals surface area contributed by atoms with Gasteiger partial charge < -0.3 is 15.0 Å². The molecule has 0 radical (unpaired) electrons. The second-order valence-electron chi connectivity index (χ2n) is 8.68. The van der Waals surface area contributed by atoms with Gasteiger partial charge in [0, 0.05) is 18.6 Å². The van der Waals surface area contributed by atoms with Crippen molar-refractivity contribution in [2.45, 2.75) is 90.8 Å². The molecule has 23 heavy (non-hydrogen) atoms. The van der Waals surface area contributed by atoms with Gasteiger partial charge in [-0.2, -0.15) is 0 Å². The van der Waals surface area contributed by atoms with Crippen LogP contribution in [0.25, 0.3) is 0 Å². The third-order valence-corrected chi connectivity index (χ3v) is 5.51. The lowest BCUT2D eigenvalue weighted by atomic mass is 9.79. The average molecular weight is 325 g/mol. The molecular weight excluding hydrogens is 288 g/mol. The number of carbonyl (C=O) groups is 1. The molecular formula is C19H36N2O2. The van der Waals surface area contributed by atoms with E-state index < -0.39 is 5.60 Å². The summed E-state index contributed by atoms with van der Waals surface area (Å²) >= 11 is 0. The molecule has 2 rings (SSSR count). The Hall–Kier alpha value is -0.770. The van der Waals surface area contributed by atoms with E-state index in [1.807, 2.05) is 25.7 Å². The summed E-state index contributed by atoms with van der Waals surface area (Å²) in [6, 6.07) is 1.01. The minimum atomic E-state index is -0.405. The number of ether oxygens (including phenoxy) is 1. The van der Waals surface area contributed by atoms with Crippen molar-refractivity contribution in [1.29, 1.82) is 0 Å². The second kappa shape index (κ2) is 7.87. The minimum absolute atomic E-state index is 0.139. The molecule has 0 aromatic heterocycles. The van der Waals surface area contributed by atoms with E-state index in [1.54, 1.807) is 0 Å². The molecule has 1 heterocycles. The van der Waals surface area contributed by atoms with Crippen molar-refractivity contribution >= 4 is 6.09 Å².